The van der Waals surface area contributed by atoms with E-state index >= 15 is 0 Å². The Morgan fingerprint density at radius 1 is 1.59 bits per heavy atom. The molecule has 0 aromatic carbocycles. The molecule has 0 saturated carbocycles. The summed E-state index contributed by atoms with van der Waals surface area (Å²) < 4.78 is 5.14. The van der Waals surface area contributed by atoms with Gasteiger partial charge in [0.1, 0.15) is 0 Å². The van der Waals surface area contributed by atoms with Gasteiger partial charge in [-0.05, 0) is 6.92 Å². The van der Waals surface area contributed by atoms with E-state index in [-0.39, 0.29) is 12.6 Å². The van der Waals surface area contributed by atoms with Gasteiger partial charge in [0.2, 0.25) is 11.8 Å². The first-order valence-electron chi connectivity index (χ1n) is 5.72. The highest BCUT2D eigenvalue weighted by Gasteiger charge is 2.21. The number of ether oxygens (including phenoxy) is 1. The maximum atomic E-state index is 9.16. The lowest BCUT2D eigenvalue weighted by atomic mass is 10.2. The number of piperazine rings is 1. The fourth-order valence-corrected chi connectivity index (χ4v) is 1.90. The van der Waals surface area contributed by atoms with Gasteiger partial charge in [0, 0.05) is 37.4 Å². The van der Waals surface area contributed by atoms with Crippen LogP contribution in [0.25, 0.3) is 0 Å². The molecule has 0 amide bonds. The van der Waals surface area contributed by atoms with E-state index in [0.717, 1.165) is 18.8 Å². The molecule has 2 N–H and O–H groups in total. The molecule has 6 nitrogen and oxygen atoms in total. The second-order valence-corrected chi connectivity index (χ2v) is 4.13. The van der Waals surface area contributed by atoms with Crippen molar-refractivity contribution in [3.63, 3.8) is 0 Å². The van der Waals surface area contributed by atoms with Crippen LogP contribution in [0.4, 0.5) is 5.95 Å². The third-order valence-electron chi connectivity index (χ3n) is 2.79. The summed E-state index contributed by atoms with van der Waals surface area (Å²) in [6.45, 7) is 4.41. The number of hydrogen-bond acceptors (Lipinski definition) is 6. The number of aromatic nitrogens is 2. The van der Waals surface area contributed by atoms with Gasteiger partial charge in [-0.1, -0.05) is 0 Å². The van der Waals surface area contributed by atoms with Crippen LogP contribution in [0.2, 0.25) is 0 Å². The number of hydrogen-bond donors (Lipinski definition) is 2. The fraction of sp³-hybridized carbons (Fsp3) is 0.636. The average molecular weight is 238 g/mol. The summed E-state index contributed by atoms with van der Waals surface area (Å²) in [5.41, 5.74) is 0.880. The maximum Gasteiger partial charge on any atom is 0.228 e. The molecule has 17 heavy (non-hydrogen) atoms. The maximum absolute atomic E-state index is 9.16. The van der Waals surface area contributed by atoms with Crippen molar-refractivity contribution in [2.75, 3.05) is 38.3 Å². The van der Waals surface area contributed by atoms with Crippen LogP contribution in [0.5, 0.6) is 5.88 Å². The molecule has 6 heteroatoms. The largest absolute Gasteiger partial charge is 0.481 e. The molecule has 1 aliphatic rings. The number of rotatable bonds is 3. The van der Waals surface area contributed by atoms with Gasteiger partial charge < -0.3 is 20.1 Å². The first-order chi connectivity index (χ1) is 8.22. The lowest BCUT2D eigenvalue weighted by Gasteiger charge is -2.32. The van der Waals surface area contributed by atoms with E-state index in [9.17, 15) is 0 Å². The molecular weight excluding hydrogens is 220 g/mol. The summed E-state index contributed by atoms with van der Waals surface area (Å²) in [6, 6.07) is 1.88. The molecular formula is C11H18N4O2. The molecule has 94 valence electrons. The molecule has 0 aliphatic carbocycles. The third kappa shape index (κ3) is 2.83. The number of aryl methyl sites for hydroxylation is 1. The predicted molar refractivity (Wildman–Crippen MR) is 64.4 cm³/mol. The van der Waals surface area contributed by atoms with Gasteiger partial charge in [-0.25, -0.2) is 4.98 Å². The highest BCUT2D eigenvalue weighted by Crippen LogP contribution is 2.16. The van der Waals surface area contributed by atoms with Crippen molar-refractivity contribution in [3.05, 3.63) is 11.8 Å². The van der Waals surface area contributed by atoms with Crippen LogP contribution in [-0.2, 0) is 0 Å². The van der Waals surface area contributed by atoms with Gasteiger partial charge in [-0.15, -0.1) is 0 Å². The Morgan fingerprint density at radius 2 is 2.41 bits per heavy atom. The summed E-state index contributed by atoms with van der Waals surface area (Å²) in [5, 5.41) is 12.4. The van der Waals surface area contributed by atoms with Gasteiger partial charge >= 0.3 is 0 Å². The van der Waals surface area contributed by atoms with Gasteiger partial charge in [0.15, 0.2) is 0 Å². The standard InChI is InChI=1S/C11H18N4O2/c1-8-5-10(17-2)14-11(13-8)15-4-3-12-9(6-15)7-16/h5,9,12,16H,3-4,6-7H2,1-2H3. The van der Waals surface area contributed by atoms with Crippen LogP contribution in [0.3, 0.4) is 0 Å². The Hall–Kier alpha value is -1.40. The molecule has 1 fully saturated rings. The molecule has 0 bridgehead atoms. The van der Waals surface area contributed by atoms with Crippen LogP contribution in [0.15, 0.2) is 6.07 Å². The minimum atomic E-state index is 0.0823. The Morgan fingerprint density at radius 3 is 3.12 bits per heavy atom. The average Bonchev–Trinajstić information content (AvgIpc) is 2.38. The zero-order valence-corrected chi connectivity index (χ0v) is 10.2. The number of nitrogens with zero attached hydrogens (tertiary/aromatic N) is 3. The molecule has 1 saturated heterocycles. The number of nitrogens with one attached hydrogen (secondary N) is 1. The summed E-state index contributed by atoms with van der Waals surface area (Å²) in [4.78, 5) is 10.8. The topological polar surface area (TPSA) is 70.5 Å². The molecule has 0 radical (unpaired) electrons. The summed E-state index contributed by atoms with van der Waals surface area (Å²) in [6.07, 6.45) is 0. The van der Waals surface area contributed by atoms with Gasteiger partial charge in [-0.3, -0.25) is 0 Å². The Labute approximate surface area is 101 Å². The molecule has 1 aliphatic heterocycles. The summed E-state index contributed by atoms with van der Waals surface area (Å²) >= 11 is 0. The Bertz CT molecular complexity index is 386. The number of anilines is 1. The predicted octanol–water partition coefficient (Wildman–Crippen LogP) is -0.436. The van der Waals surface area contributed by atoms with Crippen molar-refractivity contribution in [2.24, 2.45) is 0 Å². The van der Waals surface area contributed by atoms with E-state index in [1.54, 1.807) is 13.2 Å². The molecule has 2 rings (SSSR count). The molecule has 1 unspecified atom stereocenters. The van der Waals surface area contributed by atoms with Gasteiger partial charge in [-0.2, -0.15) is 4.98 Å². The second-order valence-electron chi connectivity index (χ2n) is 4.13. The third-order valence-corrected chi connectivity index (χ3v) is 2.79. The fourth-order valence-electron chi connectivity index (χ4n) is 1.90. The van der Waals surface area contributed by atoms with Crippen molar-refractivity contribution in [3.8, 4) is 5.88 Å². The van der Waals surface area contributed by atoms with Crippen molar-refractivity contribution < 1.29 is 9.84 Å². The molecule has 1 aromatic heterocycles. The van der Waals surface area contributed by atoms with Crippen molar-refractivity contribution in [2.45, 2.75) is 13.0 Å². The zero-order chi connectivity index (χ0) is 12.3. The van der Waals surface area contributed by atoms with E-state index in [0.29, 0.717) is 18.4 Å². The summed E-state index contributed by atoms with van der Waals surface area (Å²) in [7, 11) is 1.60. The van der Waals surface area contributed by atoms with Crippen LogP contribution in [-0.4, -0.2) is 54.5 Å². The van der Waals surface area contributed by atoms with Crippen molar-refractivity contribution in [1.82, 2.24) is 15.3 Å². The van der Waals surface area contributed by atoms with E-state index in [1.165, 1.54) is 0 Å². The van der Waals surface area contributed by atoms with E-state index in [4.69, 9.17) is 9.84 Å². The van der Waals surface area contributed by atoms with E-state index in [2.05, 4.69) is 20.2 Å². The van der Waals surface area contributed by atoms with Crippen LogP contribution in [0, 0.1) is 6.92 Å². The Balaban J connectivity index is 2.18. The van der Waals surface area contributed by atoms with Crippen molar-refractivity contribution in [1.29, 1.82) is 0 Å². The lowest BCUT2D eigenvalue weighted by molar-refractivity contribution is 0.235. The SMILES string of the molecule is COc1cc(C)nc(N2CCNC(CO)C2)n1. The van der Waals surface area contributed by atoms with Gasteiger partial charge in [0.05, 0.1) is 13.7 Å². The number of methoxy groups -OCH3 is 1. The Kier molecular flexibility index (Phi) is 3.75. The lowest BCUT2D eigenvalue weighted by Crippen LogP contribution is -2.52. The zero-order valence-electron chi connectivity index (χ0n) is 10.2. The smallest absolute Gasteiger partial charge is 0.228 e. The number of aliphatic hydroxyl groups is 1. The molecule has 2 heterocycles. The first-order valence-corrected chi connectivity index (χ1v) is 5.72. The summed E-state index contributed by atoms with van der Waals surface area (Å²) in [5.74, 6) is 1.24. The minimum absolute atomic E-state index is 0.0823. The monoisotopic (exact) mass is 238 g/mol. The van der Waals surface area contributed by atoms with Crippen LogP contribution >= 0.6 is 0 Å². The highest BCUT2D eigenvalue weighted by atomic mass is 16.5. The minimum Gasteiger partial charge on any atom is -0.481 e. The van der Waals surface area contributed by atoms with Crippen molar-refractivity contribution >= 4 is 5.95 Å². The quantitative estimate of drug-likeness (QED) is 0.744. The molecule has 0 spiro atoms. The normalized spacial score (nSPS) is 20.4. The van der Waals surface area contributed by atoms with Gasteiger partial charge in [0.25, 0.3) is 0 Å². The van der Waals surface area contributed by atoms with E-state index < -0.39 is 0 Å². The first kappa shape index (κ1) is 12.1. The molecule has 1 aromatic rings. The highest BCUT2D eigenvalue weighted by molar-refractivity contribution is 5.35. The number of aliphatic hydroxyl groups excluding tert-OH is 1. The van der Waals surface area contributed by atoms with Crippen LogP contribution in [0.1, 0.15) is 5.69 Å². The van der Waals surface area contributed by atoms with E-state index in [1.807, 2.05) is 6.92 Å². The molecule has 1 atom stereocenters. The van der Waals surface area contributed by atoms with Crippen LogP contribution < -0.4 is 15.0 Å². The second kappa shape index (κ2) is 5.29.